The number of ether oxygens (including phenoxy) is 2. The van der Waals surface area contributed by atoms with Crippen molar-refractivity contribution in [3.05, 3.63) is 28.8 Å². The summed E-state index contributed by atoms with van der Waals surface area (Å²) >= 11 is 0. The molecular weight excluding hydrogens is 442 g/mol. The van der Waals surface area contributed by atoms with Crippen molar-refractivity contribution in [1.29, 1.82) is 0 Å². The van der Waals surface area contributed by atoms with E-state index in [9.17, 15) is 34.5 Å². The fourth-order valence-electron chi connectivity index (χ4n) is 3.36. The standard InChI is InChI=1S/C21H19NO11/c1-7(4-11(23)24)20(30)22-9-5-10(32-6-12(25)26)13-14(17(9)28)16(27)8(2)18-15(13)19(29)21(3,31)33-18/h4-5,27-28,31H,6H2,1-3H3,(H,22,30)(H,23,24)(H,25,26)/b7-4-. The van der Waals surface area contributed by atoms with Crippen LogP contribution < -0.4 is 14.8 Å². The highest BCUT2D eigenvalue weighted by Gasteiger charge is 2.46. The summed E-state index contributed by atoms with van der Waals surface area (Å²) in [5.41, 5.74) is -0.878. The van der Waals surface area contributed by atoms with Crippen molar-refractivity contribution >= 4 is 40.1 Å². The quantitative estimate of drug-likeness (QED) is 0.267. The Bertz CT molecular complexity index is 1270. The summed E-state index contributed by atoms with van der Waals surface area (Å²) in [4.78, 5) is 47.0. The van der Waals surface area contributed by atoms with Gasteiger partial charge in [-0.1, -0.05) is 0 Å². The lowest BCUT2D eigenvalue weighted by Gasteiger charge is -2.18. The van der Waals surface area contributed by atoms with Gasteiger partial charge in [-0.15, -0.1) is 0 Å². The van der Waals surface area contributed by atoms with Gasteiger partial charge in [-0.2, -0.15) is 0 Å². The van der Waals surface area contributed by atoms with Crippen LogP contribution in [0.5, 0.6) is 23.0 Å². The number of Topliss-reactive ketones (excluding diaryl/α,β-unsaturated/α-hetero) is 1. The first-order valence-corrected chi connectivity index (χ1v) is 9.34. The minimum atomic E-state index is -2.29. The topological polar surface area (TPSA) is 200 Å². The third-order valence-corrected chi connectivity index (χ3v) is 4.92. The highest BCUT2D eigenvalue weighted by molar-refractivity contribution is 6.21. The monoisotopic (exact) mass is 461 g/mol. The Labute approximate surface area is 185 Å². The van der Waals surface area contributed by atoms with Gasteiger partial charge in [0.25, 0.3) is 11.7 Å². The molecule has 1 heterocycles. The van der Waals surface area contributed by atoms with E-state index in [4.69, 9.17) is 19.7 Å². The van der Waals surface area contributed by atoms with Crippen LogP contribution in [0.4, 0.5) is 5.69 Å². The minimum Gasteiger partial charge on any atom is -0.507 e. The first kappa shape index (κ1) is 23.3. The average Bonchev–Trinajstić information content (AvgIpc) is 2.95. The molecule has 1 aliphatic rings. The summed E-state index contributed by atoms with van der Waals surface area (Å²) in [5, 5.41) is 51.3. The number of aliphatic hydroxyl groups is 1. The van der Waals surface area contributed by atoms with Crippen LogP contribution in [0.2, 0.25) is 0 Å². The molecule has 2 aromatic carbocycles. The molecule has 3 rings (SSSR count). The number of fused-ring (bicyclic) bond motifs is 3. The molecule has 12 nitrogen and oxygen atoms in total. The van der Waals surface area contributed by atoms with Crippen LogP contribution in [-0.4, -0.2) is 61.6 Å². The van der Waals surface area contributed by atoms with Gasteiger partial charge >= 0.3 is 11.9 Å². The molecule has 1 atom stereocenters. The van der Waals surface area contributed by atoms with Gasteiger partial charge < -0.3 is 40.3 Å². The van der Waals surface area contributed by atoms with Gasteiger partial charge in [0.2, 0.25) is 5.78 Å². The first-order valence-electron chi connectivity index (χ1n) is 9.34. The van der Waals surface area contributed by atoms with Gasteiger partial charge in [0.15, 0.2) is 12.4 Å². The Kier molecular flexibility index (Phi) is 5.65. The number of hydrogen-bond donors (Lipinski definition) is 6. The van der Waals surface area contributed by atoms with Crippen molar-refractivity contribution in [2.75, 3.05) is 11.9 Å². The molecule has 6 N–H and O–H groups in total. The zero-order valence-corrected chi connectivity index (χ0v) is 17.5. The summed E-state index contributed by atoms with van der Waals surface area (Å²) < 4.78 is 10.5. The number of nitrogens with one attached hydrogen (secondary N) is 1. The zero-order chi connectivity index (χ0) is 24.8. The van der Waals surface area contributed by atoms with Gasteiger partial charge in [-0.3, -0.25) is 9.59 Å². The van der Waals surface area contributed by atoms with Crippen molar-refractivity contribution in [3.8, 4) is 23.0 Å². The molecular formula is C21H19NO11. The summed E-state index contributed by atoms with van der Waals surface area (Å²) in [6, 6.07) is 1.00. The smallest absolute Gasteiger partial charge is 0.341 e. The normalized spacial score (nSPS) is 17.5. The molecule has 33 heavy (non-hydrogen) atoms. The lowest BCUT2D eigenvalue weighted by atomic mass is 9.93. The molecule has 0 aromatic heterocycles. The molecule has 0 saturated heterocycles. The maximum atomic E-state index is 12.8. The Morgan fingerprint density at radius 2 is 1.82 bits per heavy atom. The van der Waals surface area contributed by atoms with E-state index in [1.807, 2.05) is 0 Å². The fourth-order valence-corrected chi connectivity index (χ4v) is 3.36. The van der Waals surface area contributed by atoms with E-state index in [1.165, 1.54) is 13.8 Å². The number of carbonyl (C=O) groups excluding carboxylic acids is 2. The first-order chi connectivity index (χ1) is 15.3. The number of carbonyl (C=O) groups is 4. The summed E-state index contributed by atoms with van der Waals surface area (Å²) in [6.07, 6.45) is 0.627. The van der Waals surface area contributed by atoms with Crippen LogP contribution in [0.3, 0.4) is 0 Å². The number of phenolic OH excluding ortho intramolecular Hbond substituents is 2. The predicted molar refractivity (Wildman–Crippen MR) is 111 cm³/mol. The third-order valence-electron chi connectivity index (χ3n) is 4.92. The number of phenols is 2. The molecule has 1 unspecified atom stereocenters. The second kappa shape index (κ2) is 7.98. The number of hydrogen-bond acceptors (Lipinski definition) is 9. The van der Waals surface area contributed by atoms with Crippen LogP contribution in [0, 0.1) is 6.92 Å². The van der Waals surface area contributed by atoms with Gasteiger partial charge in [0.05, 0.1) is 16.6 Å². The van der Waals surface area contributed by atoms with E-state index in [0.717, 1.165) is 13.0 Å². The maximum absolute atomic E-state index is 12.8. The van der Waals surface area contributed by atoms with E-state index in [0.29, 0.717) is 6.08 Å². The zero-order valence-electron chi connectivity index (χ0n) is 17.5. The molecule has 0 spiro atoms. The van der Waals surface area contributed by atoms with E-state index in [-0.39, 0.29) is 44.7 Å². The molecule has 174 valence electrons. The van der Waals surface area contributed by atoms with Gasteiger partial charge in [0, 0.05) is 35.6 Å². The molecule has 0 aliphatic carbocycles. The second-order valence-corrected chi connectivity index (χ2v) is 7.41. The van der Waals surface area contributed by atoms with Crippen molar-refractivity contribution in [3.63, 3.8) is 0 Å². The van der Waals surface area contributed by atoms with Crippen molar-refractivity contribution < 1.29 is 54.2 Å². The van der Waals surface area contributed by atoms with Crippen molar-refractivity contribution in [2.24, 2.45) is 0 Å². The highest BCUT2D eigenvalue weighted by Crippen LogP contribution is 2.53. The largest absolute Gasteiger partial charge is 0.507 e. The second-order valence-electron chi connectivity index (χ2n) is 7.41. The Hall–Kier alpha value is -4.32. The summed E-state index contributed by atoms with van der Waals surface area (Å²) in [6.45, 7) is 2.74. The van der Waals surface area contributed by atoms with Crippen LogP contribution in [-0.2, 0) is 14.4 Å². The van der Waals surface area contributed by atoms with Crippen LogP contribution in [0.1, 0.15) is 29.8 Å². The number of benzene rings is 2. The minimum absolute atomic E-state index is 0.0199. The lowest BCUT2D eigenvalue weighted by Crippen LogP contribution is -2.35. The van der Waals surface area contributed by atoms with E-state index >= 15 is 0 Å². The fraction of sp³-hybridized carbons (Fsp3) is 0.238. The highest BCUT2D eigenvalue weighted by atomic mass is 16.6. The predicted octanol–water partition coefficient (Wildman–Crippen LogP) is 1.28. The van der Waals surface area contributed by atoms with Crippen molar-refractivity contribution in [2.45, 2.75) is 26.6 Å². The molecule has 0 fully saturated rings. The third kappa shape index (κ3) is 3.99. The van der Waals surface area contributed by atoms with Crippen LogP contribution in [0.15, 0.2) is 17.7 Å². The molecule has 12 heteroatoms. The number of aliphatic carboxylic acids is 2. The van der Waals surface area contributed by atoms with Crippen LogP contribution in [0.25, 0.3) is 10.8 Å². The Morgan fingerprint density at radius 3 is 2.39 bits per heavy atom. The molecule has 2 aromatic rings. The van der Waals surface area contributed by atoms with Gasteiger partial charge in [-0.05, 0) is 13.8 Å². The number of aromatic hydroxyl groups is 2. The summed E-state index contributed by atoms with van der Waals surface area (Å²) in [5.74, 6) is -8.73. The van der Waals surface area contributed by atoms with Gasteiger partial charge in [0.1, 0.15) is 17.2 Å². The summed E-state index contributed by atoms with van der Waals surface area (Å²) in [7, 11) is 0. The number of carboxylic acids is 2. The molecule has 0 bridgehead atoms. The number of rotatable bonds is 6. The molecule has 1 aliphatic heterocycles. The molecule has 0 radical (unpaired) electrons. The van der Waals surface area contributed by atoms with Gasteiger partial charge in [-0.25, -0.2) is 9.59 Å². The van der Waals surface area contributed by atoms with Crippen LogP contribution >= 0.6 is 0 Å². The Morgan fingerprint density at radius 1 is 1.18 bits per heavy atom. The van der Waals surface area contributed by atoms with Crippen molar-refractivity contribution in [1.82, 2.24) is 0 Å². The molecule has 1 amide bonds. The number of carboxylic acid groups (broad SMARTS) is 2. The van der Waals surface area contributed by atoms with E-state index < -0.39 is 47.5 Å². The SMILES string of the molecule is C/C(=C/C(=O)O)C(=O)Nc1cc(OCC(=O)O)c2c3c(c(C)c(O)c2c1O)OC(C)(O)C3=O. The maximum Gasteiger partial charge on any atom is 0.341 e. The Balaban J connectivity index is 2.33. The van der Waals surface area contributed by atoms with E-state index in [2.05, 4.69) is 5.32 Å². The number of ketones is 1. The number of amides is 1. The average molecular weight is 461 g/mol. The number of anilines is 1. The van der Waals surface area contributed by atoms with E-state index in [1.54, 1.807) is 0 Å². The molecule has 0 saturated carbocycles. The lowest BCUT2D eigenvalue weighted by molar-refractivity contribution is -0.139.